The number of nitrogens with one attached hydrogen (secondary N) is 2. The van der Waals surface area contributed by atoms with Crippen molar-refractivity contribution in [3.05, 3.63) is 70.4 Å². The fourth-order valence-electron chi connectivity index (χ4n) is 3.62. The zero-order valence-corrected chi connectivity index (χ0v) is 15.6. The van der Waals surface area contributed by atoms with Crippen molar-refractivity contribution in [1.82, 2.24) is 10.3 Å². The Morgan fingerprint density at radius 1 is 1.23 bits per heavy atom. The largest absolute Gasteiger partial charge is 0.361 e. The number of para-hydroxylation sites is 1. The van der Waals surface area contributed by atoms with Gasteiger partial charge in [-0.2, -0.15) is 0 Å². The van der Waals surface area contributed by atoms with Crippen LogP contribution in [0.25, 0.3) is 10.9 Å². The van der Waals surface area contributed by atoms with E-state index in [4.69, 9.17) is 11.6 Å². The summed E-state index contributed by atoms with van der Waals surface area (Å²) in [6.07, 6.45) is 5.69. The zero-order chi connectivity index (χ0) is 18.1. The predicted octanol–water partition coefficient (Wildman–Crippen LogP) is 5.18. The van der Waals surface area contributed by atoms with Crippen LogP contribution in [0.3, 0.4) is 0 Å². The van der Waals surface area contributed by atoms with Crippen molar-refractivity contribution < 1.29 is 4.79 Å². The van der Waals surface area contributed by atoms with Crippen LogP contribution in [0.15, 0.2) is 48.7 Å². The second-order valence-corrected chi connectivity index (χ2v) is 7.52. The maximum atomic E-state index is 12.6. The molecule has 1 saturated carbocycles. The molecule has 1 aliphatic rings. The quantitative estimate of drug-likeness (QED) is 0.620. The van der Waals surface area contributed by atoms with Gasteiger partial charge in [0.1, 0.15) is 0 Å². The molecule has 1 aliphatic carbocycles. The fourth-order valence-corrected chi connectivity index (χ4v) is 3.75. The number of hydrogen-bond donors (Lipinski definition) is 2. The Bertz CT molecular complexity index is 925. The number of benzene rings is 2. The highest BCUT2D eigenvalue weighted by Gasteiger charge is 2.27. The highest BCUT2D eigenvalue weighted by atomic mass is 35.5. The summed E-state index contributed by atoms with van der Waals surface area (Å²) in [5.74, 6) is 0.125. The van der Waals surface area contributed by atoms with E-state index in [1.54, 1.807) is 0 Å². The maximum Gasteiger partial charge on any atom is 0.221 e. The van der Waals surface area contributed by atoms with Crippen molar-refractivity contribution in [3.63, 3.8) is 0 Å². The highest BCUT2D eigenvalue weighted by molar-refractivity contribution is 6.30. The van der Waals surface area contributed by atoms with E-state index in [0.29, 0.717) is 17.5 Å². The summed E-state index contributed by atoms with van der Waals surface area (Å²) in [7, 11) is 0. The van der Waals surface area contributed by atoms with E-state index in [0.717, 1.165) is 24.8 Å². The molecule has 134 valence electrons. The van der Waals surface area contributed by atoms with Gasteiger partial charge in [0.05, 0.1) is 0 Å². The molecule has 2 aromatic carbocycles. The standard InChI is InChI=1S/C22H23ClN2O/c1-2-14-4-3-5-18-20(13-24-22(14)18)19(12-21(26)25-17-10-11-17)15-6-8-16(23)9-7-15/h3-9,13,17,19,24H,2,10-12H2,1H3,(H,25,26)/t19-/m1/s1. The molecule has 3 nitrogen and oxygen atoms in total. The molecule has 1 fully saturated rings. The average molecular weight is 367 g/mol. The predicted molar refractivity (Wildman–Crippen MR) is 107 cm³/mol. The molecular weight excluding hydrogens is 344 g/mol. The molecule has 26 heavy (non-hydrogen) atoms. The summed E-state index contributed by atoms with van der Waals surface area (Å²) in [5, 5.41) is 5.03. The monoisotopic (exact) mass is 366 g/mol. The molecule has 2 N–H and O–H groups in total. The number of rotatable bonds is 6. The summed E-state index contributed by atoms with van der Waals surface area (Å²) in [6, 6.07) is 14.6. The number of aromatic nitrogens is 1. The van der Waals surface area contributed by atoms with Gasteiger partial charge < -0.3 is 10.3 Å². The lowest BCUT2D eigenvalue weighted by atomic mass is 9.87. The molecule has 1 atom stereocenters. The molecular formula is C22H23ClN2O. The normalized spacial score (nSPS) is 15.2. The van der Waals surface area contributed by atoms with Gasteiger partial charge in [-0.05, 0) is 48.1 Å². The summed E-state index contributed by atoms with van der Waals surface area (Å²) >= 11 is 6.07. The Balaban J connectivity index is 1.74. The van der Waals surface area contributed by atoms with Crippen LogP contribution >= 0.6 is 11.6 Å². The van der Waals surface area contributed by atoms with Crippen LogP contribution in [0.1, 0.15) is 48.8 Å². The van der Waals surface area contributed by atoms with Crippen molar-refractivity contribution in [2.75, 3.05) is 0 Å². The zero-order valence-electron chi connectivity index (χ0n) is 14.9. The lowest BCUT2D eigenvalue weighted by Crippen LogP contribution is -2.27. The minimum atomic E-state index is 0.00636. The van der Waals surface area contributed by atoms with Crippen molar-refractivity contribution in [3.8, 4) is 0 Å². The molecule has 3 aromatic rings. The summed E-state index contributed by atoms with van der Waals surface area (Å²) in [5.41, 5.74) is 4.75. The molecule has 1 aromatic heterocycles. The number of fused-ring (bicyclic) bond motifs is 1. The van der Waals surface area contributed by atoms with E-state index in [1.165, 1.54) is 22.0 Å². The van der Waals surface area contributed by atoms with Gasteiger partial charge in [-0.1, -0.05) is 48.9 Å². The Hall–Kier alpha value is -2.26. The Kier molecular flexibility index (Phi) is 4.73. The van der Waals surface area contributed by atoms with Crippen LogP contribution in [0, 0.1) is 0 Å². The Morgan fingerprint density at radius 3 is 2.69 bits per heavy atom. The fraction of sp³-hybridized carbons (Fsp3) is 0.318. The topological polar surface area (TPSA) is 44.9 Å². The highest BCUT2D eigenvalue weighted by Crippen LogP contribution is 2.35. The second kappa shape index (κ2) is 7.16. The SMILES string of the molecule is CCc1cccc2c([C@H](CC(=O)NC3CC3)c3ccc(Cl)cc3)c[nH]c12. The molecule has 0 saturated heterocycles. The summed E-state index contributed by atoms with van der Waals surface area (Å²) < 4.78 is 0. The lowest BCUT2D eigenvalue weighted by Gasteiger charge is -2.17. The number of hydrogen-bond acceptors (Lipinski definition) is 1. The van der Waals surface area contributed by atoms with Gasteiger partial charge in [0.25, 0.3) is 0 Å². The molecule has 0 radical (unpaired) electrons. The first-order valence-electron chi connectivity index (χ1n) is 9.29. The minimum absolute atomic E-state index is 0.00636. The number of aromatic amines is 1. The first-order valence-corrected chi connectivity index (χ1v) is 9.67. The average Bonchev–Trinajstić information content (AvgIpc) is 3.35. The van der Waals surface area contributed by atoms with E-state index in [-0.39, 0.29) is 11.8 Å². The summed E-state index contributed by atoms with van der Waals surface area (Å²) in [4.78, 5) is 16.0. The van der Waals surface area contributed by atoms with E-state index < -0.39 is 0 Å². The van der Waals surface area contributed by atoms with Crippen LogP contribution in [0.5, 0.6) is 0 Å². The second-order valence-electron chi connectivity index (χ2n) is 7.09. The first-order chi connectivity index (χ1) is 12.7. The number of amides is 1. The molecule has 0 aliphatic heterocycles. The number of carbonyl (C=O) groups is 1. The molecule has 4 rings (SSSR count). The summed E-state index contributed by atoms with van der Waals surface area (Å²) in [6.45, 7) is 2.16. The van der Waals surface area contributed by atoms with E-state index in [9.17, 15) is 4.79 Å². The maximum absolute atomic E-state index is 12.6. The van der Waals surface area contributed by atoms with Crippen LogP contribution in [0.4, 0.5) is 0 Å². The molecule has 0 bridgehead atoms. The molecule has 0 spiro atoms. The first kappa shape index (κ1) is 17.2. The van der Waals surface area contributed by atoms with Crippen molar-refractivity contribution in [2.24, 2.45) is 0 Å². The van der Waals surface area contributed by atoms with Crippen LogP contribution < -0.4 is 5.32 Å². The van der Waals surface area contributed by atoms with Crippen LogP contribution in [-0.4, -0.2) is 16.9 Å². The number of H-pyrrole nitrogens is 1. The van der Waals surface area contributed by atoms with Gasteiger partial charge in [0, 0.05) is 40.5 Å². The number of halogens is 1. The van der Waals surface area contributed by atoms with Gasteiger partial charge in [-0.25, -0.2) is 0 Å². The molecule has 4 heteroatoms. The van der Waals surface area contributed by atoms with Gasteiger partial charge in [-0.3, -0.25) is 4.79 Å². The molecule has 1 amide bonds. The van der Waals surface area contributed by atoms with Gasteiger partial charge in [-0.15, -0.1) is 0 Å². The Labute approximate surface area is 158 Å². The van der Waals surface area contributed by atoms with Gasteiger partial charge in [0.2, 0.25) is 5.91 Å². The van der Waals surface area contributed by atoms with Crippen molar-refractivity contribution >= 4 is 28.4 Å². The third-order valence-electron chi connectivity index (χ3n) is 5.19. The van der Waals surface area contributed by atoms with Crippen molar-refractivity contribution in [2.45, 2.75) is 44.6 Å². The van der Waals surface area contributed by atoms with Gasteiger partial charge >= 0.3 is 0 Å². The Morgan fingerprint density at radius 2 is 2.00 bits per heavy atom. The van der Waals surface area contributed by atoms with E-state index in [2.05, 4.69) is 41.6 Å². The molecule has 0 unspecified atom stereocenters. The number of aryl methyl sites for hydroxylation is 1. The lowest BCUT2D eigenvalue weighted by molar-refractivity contribution is -0.121. The van der Waals surface area contributed by atoms with Gasteiger partial charge in [0.15, 0.2) is 0 Å². The smallest absolute Gasteiger partial charge is 0.221 e. The number of carbonyl (C=O) groups excluding carboxylic acids is 1. The van der Waals surface area contributed by atoms with Crippen LogP contribution in [-0.2, 0) is 11.2 Å². The molecule has 1 heterocycles. The van der Waals surface area contributed by atoms with E-state index >= 15 is 0 Å². The third-order valence-corrected chi connectivity index (χ3v) is 5.45. The van der Waals surface area contributed by atoms with E-state index in [1.807, 2.05) is 24.3 Å². The third kappa shape index (κ3) is 3.49. The van der Waals surface area contributed by atoms with Crippen molar-refractivity contribution in [1.29, 1.82) is 0 Å². The minimum Gasteiger partial charge on any atom is -0.361 e. The van der Waals surface area contributed by atoms with Crippen LogP contribution in [0.2, 0.25) is 5.02 Å².